The van der Waals surface area contributed by atoms with Gasteiger partial charge in [0.05, 0.1) is 19.0 Å². The van der Waals surface area contributed by atoms with Crippen LogP contribution in [0.4, 0.5) is 5.69 Å². The van der Waals surface area contributed by atoms with Crippen LogP contribution in [0.15, 0.2) is 48.8 Å². The maximum atomic E-state index is 11.8. The summed E-state index contributed by atoms with van der Waals surface area (Å²) in [5.74, 6) is 0.793. The lowest BCUT2D eigenvalue weighted by Crippen LogP contribution is -2.12. The lowest BCUT2D eigenvalue weighted by atomic mass is 10.1. The molecule has 4 heteroatoms. The monoisotopic (exact) mass is 256 g/mol. The Kier molecular flexibility index (Phi) is 4.50. The van der Waals surface area contributed by atoms with E-state index in [1.54, 1.807) is 25.6 Å². The van der Waals surface area contributed by atoms with Gasteiger partial charge in [-0.2, -0.15) is 0 Å². The average molecular weight is 256 g/mol. The average Bonchev–Trinajstić information content (AvgIpc) is 2.46. The highest BCUT2D eigenvalue weighted by Crippen LogP contribution is 2.14. The molecule has 0 saturated heterocycles. The van der Waals surface area contributed by atoms with Gasteiger partial charge in [0.15, 0.2) is 0 Å². The number of pyridine rings is 1. The molecule has 1 amide bonds. The Hall–Kier alpha value is -2.36. The summed E-state index contributed by atoms with van der Waals surface area (Å²) in [5.41, 5.74) is 1.80. The third kappa shape index (κ3) is 4.10. The van der Waals surface area contributed by atoms with E-state index in [2.05, 4.69) is 10.3 Å². The lowest BCUT2D eigenvalue weighted by molar-refractivity contribution is -0.116. The number of carbonyl (C=O) groups is 1. The fraction of sp³-hybridized carbons (Fsp3) is 0.200. The van der Waals surface area contributed by atoms with E-state index in [4.69, 9.17) is 4.74 Å². The van der Waals surface area contributed by atoms with Gasteiger partial charge in [0.1, 0.15) is 5.75 Å². The first kappa shape index (κ1) is 13.1. The molecule has 0 aliphatic carbocycles. The molecule has 1 heterocycles. The zero-order valence-corrected chi connectivity index (χ0v) is 10.8. The van der Waals surface area contributed by atoms with Crippen molar-refractivity contribution in [3.8, 4) is 5.75 Å². The summed E-state index contributed by atoms with van der Waals surface area (Å²) in [6.07, 6.45) is 4.42. The fourth-order valence-corrected chi connectivity index (χ4v) is 1.75. The minimum Gasteiger partial charge on any atom is -0.497 e. The number of carbonyl (C=O) groups excluding carboxylic acids is 1. The molecule has 0 aliphatic rings. The van der Waals surface area contributed by atoms with Crippen molar-refractivity contribution in [2.75, 3.05) is 12.4 Å². The number of nitrogens with one attached hydrogen (secondary N) is 1. The normalized spacial score (nSPS) is 9.95. The van der Waals surface area contributed by atoms with Crippen LogP contribution in [0.2, 0.25) is 0 Å². The molecule has 2 aromatic rings. The van der Waals surface area contributed by atoms with Crippen LogP contribution in [0.5, 0.6) is 5.75 Å². The maximum Gasteiger partial charge on any atom is 0.224 e. The molecule has 1 N–H and O–H groups in total. The number of rotatable bonds is 5. The molecular weight excluding hydrogens is 240 g/mol. The Labute approximate surface area is 112 Å². The van der Waals surface area contributed by atoms with Gasteiger partial charge in [-0.15, -0.1) is 0 Å². The minimum absolute atomic E-state index is 0.0178. The number of aryl methyl sites for hydroxylation is 1. The number of methoxy groups -OCH3 is 1. The first-order valence-corrected chi connectivity index (χ1v) is 6.11. The van der Waals surface area contributed by atoms with E-state index in [0.29, 0.717) is 12.8 Å². The third-order valence-corrected chi connectivity index (χ3v) is 2.72. The Morgan fingerprint density at radius 3 is 2.95 bits per heavy atom. The maximum absolute atomic E-state index is 11.8. The number of hydrogen-bond acceptors (Lipinski definition) is 3. The van der Waals surface area contributed by atoms with Crippen molar-refractivity contribution < 1.29 is 9.53 Å². The van der Waals surface area contributed by atoms with Crippen LogP contribution >= 0.6 is 0 Å². The second-order valence-electron chi connectivity index (χ2n) is 4.14. The molecular formula is C15H16N2O2. The van der Waals surface area contributed by atoms with Crippen LogP contribution in [-0.2, 0) is 11.2 Å². The van der Waals surface area contributed by atoms with Crippen molar-refractivity contribution in [3.63, 3.8) is 0 Å². The highest BCUT2D eigenvalue weighted by atomic mass is 16.5. The van der Waals surface area contributed by atoms with Crippen LogP contribution in [-0.4, -0.2) is 18.0 Å². The Bertz CT molecular complexity index is 541. The first-order chi connectivity index (χ1) is 9.28. The van der Waals surface area contributed by atoms with Crippen molar-refractivity contribution in [1.29, 1.82) is 0 Å². The molecule has 4 nitrogen and oxygen atoms in total. The molecule has 0 aliphatic heterocycles. The van der Waals surface area contributed by atoms with Gasteiger partial charge >= 0.3 is 0 Å². The molecule has 19 heavy (non-hydrogen) atoms. The van der Waals surface area contributed by atoms with Gasteiger partial charge < -0.3 is 10.1 Å². The number of aromatic nitrogens is 1. The van der Waals surface area contributed by atoms with Crippen molar-refractivity contribution in [1.82, 2.24) is 4.98 Å². The van der Waals surface area contributed by atoms with Crippen molar-refractivity contribution >= 4 is 11.6 Å². The van der Waals surface area contributed by atoms with E-state index >= 15 is 0 Å². The summed E-state index contributed by atoms with van der Waals surface area (Å²) in [7, 11) is 1.63. The smallest absolute Gasteiger partial charge is 0.224 e. The summed E-state index contributed by atoms with van der Waals surface area (Å²) in [5, 5.41) is 2.81. The molecule has 0 saturated carbocycles. The number of nitrogens with zero attached hydrogens (tertiary/aromatic N) is 1. The van der Waals surface area contributed by atoms with E-state index in [0.717, 1.165) is 17.0 Å². The molecule has 1 aromatic heterocycles. The zero-order valence-electron chi connectivity index (χ0n) is 10.8. The summed E-state index contributed by atoms with van der Waals surface area (Å²) in [6, 6.07) is 11.3. The fourth-order valence-electron chi connectivity index (χ4n) is 1.75. The molecule has 2 rings (SSSR count). The Morgan fingerprint density at radius 1 is 1.32 bits per heavy atom. The van der Waals surface area contributed by atoms with Gasteiger partial charge in [-0.1, -0.05) is 12.1 Å². The lowest BCUT2D eigenvalue weighted by Gasteiger charge is -2.06. The molecule has 0 spiro atoms. The van der Waals surface area contributed by atoms with Crippen LogP contribution in [0.25, 0.3) is 0 Å². The standard InChI is InChI=1S/C15H16N2O2/c1-19-14-6-2-4-12(10-14)7-8-15(18)17-13-5-3-9-16-11-13/h2-6,9-11H,7-8H2,1H3,(H,17,18). The van der Waals surface area contributed by atoms with Gasteiger partial charge in [0.2, 0.25) is 5.91 Å². The zero-order chi connectivity index (χ0) is 13.5. The highest BCUT2D eigenvalue weighted by molar-refractivity contribution is 5.90. The van der Waals surface area contributed by atoms with E-state index in [-0.39, 0.29) is 5.91 Å². The Balaban J connectivity index is 1.86. The number of ether oxygens (including phenoxy) is 1. The molecule has 98 valence electrons. The van der Waals surface area contributed by atoms with Crippen LogP contribution in [0.1, 0.15) is 12.0 Å². The topological polar surface area (TPSA) is 51.2 Å². The van der Waals surface area contributed by atoms with Crippen molar-refractivity contribution in [3.05, 3.63) is 54.4 Å². The Morgan fingerprint density at radius 2 is 2.21 bits per heavy atom. The molecule has 0 unspecified atom stereocenters. The van der Waals surface area contributed by atoms with E-state index in [9.17, 15) is 4.79 Å². The summed E-state index contributed by atoms with van der Waals surface area (Å²) in [6.45, 7) is 0. The number of hydrogen-bond donors (Lipinski definition) is 1. The van der Waals surface area contributed by atoms with Crippen LogP contribution < -0.4 is 10.1 Å². The molecule has 0 atom stereocenters. The van der Waals surface area contributed by atoms with Crippen LogP contribution in [0.3, 0.4) is 0 Å². The minimum atomic E-state index is -0.0178. The summed E-state index contributed by atoms with van der Waals surface area (Å²) >= 11 is 0. The summed E-state index contributed by atoms with van der Waals surface area (Å²) < 4.78 is 5.15. The van der Waals surface area contributed by atoms with E-state index in [1.807, 2.05) is 30.3 Å². The van der Waals surface area contributed by atoms with Crippen LogP contribution in [0, 0.1) is 0 Å². The van der Waals surface area contributed by atoms with E-state index in [1.165, 1.54) is 0 Å². The predicted molar refractivity (Wildman–Crippen MR) is 74.2 cm³/mol. The van der Waals surface area contributed by atoms with E-state index < -0.39 is 0 Å². The van der Waals surface area contributed by atoms with Gasteiger partial charge in [0.25, 0.3) is 0 Å². The number of amides is 1. The summed E-state index contributed by atoms with van der Waals surface area (Å²) in [4.78, 5) is 15.7. The second-order valence-corrected chi connectivity index (χ2v) is 4.14. The molecule has 0 bridgehead atoms. The number of anilines is 1. The first-order valence-electron chi connectivity index (χ1n) is 6.11. The predicted octanol–water partition coefficient (Wildman–Crippen LogP) is 2.66. The largest absolute Gasteiger partial charge is 0.497 e. The SMILES string of the molecule is COc1cccc(CCC(=O)Nc2cccnc2)c1. The molecule has 0 radical (unpaired) electrons. The quantitative estimate of drug-likeness (QED) is 0.894. The van der Waals surface area contributed by atoms with Crippen molar-refractivity contribution in [2.24, 2.45) is 0 Å². The van der Waals surface area contributed by atoms with Gasteiger partial charge in [-0.05, 0) is 36.2 Å². The van der Waals surface area contributed by atoms with Gasteiger partial charge in [-0.25, -0.2) is 0 Å². The number of benzene rings is 1. The second kappa shape index (κ2) is 6.54. The van der Waals surface area contributed by atoms with Gasteiger partial charge in [0, 0.05) is 12.6 Å². The molecule has 0 fully saturated rings. The van der Waals surface area contributed by atoms with Gasteiger partial charge in [-0.3, -0.25) is 9.78 Å². The van der Waals surface area contributed by atoms with Crippen molar-refractivity contribution in [2.45, 2.75) is 12.8 Å². The molecule has 1 aromatic carbocycles. The third-order valence-electron chi connectivity index (χ3n) is 2.72. The highest BCUT2D eigenvalue weighted by Gasteiger charge is 2.03.